The van der Waals surface area contributed by atoms with Crippen LogP contribution in [0.3, 0.4) is 0 Å². The first-order valence-corrected chi connectivity index (χ1v) is 7.02. The molecule has 2 rings (SSSR count). The van der Waals surface area contributed by atoms with Crippen molar-refractivity contribution in [2.75, 3.05) is 25.6 Å². The van der Waals surface area contributed by atoms with Crippen LogP contribution in [0, 0.1) is 5.92 Å². The Morgan fingerprint density at radius 1 is 1.36 bits per heavy atom. The number of esters is 1. The molecular formula is C15H20N4O3. The summed E-state index contributed by atoms with van der Waals surface area (Å²) < 4.78 is 4.98. The summed E-state index contributed by atoms with van der Waals surface area (Å²) >= 11 is 0. The molecule has 0 spiro atoms. The van der Waals surface area contributed by atoms with E-state index in [0.29, 0.717) is 0 Å². The van der Waals surface area contributed by atoms with Gasteiger partial charge in [-0.1, -0.05) is 12.1 Å². The van der Waals surface area contributed by atoms with Gasteiger partial charge in [0.05, 0.1) is 6.61 Å². The largest absolute Gasteiger partial charge is 0.465 e. The van der Waals surface area contributed by atoms with Gasteiger partial charge in [-0.2, -0.15) is 0 Å². The monoisotopic (exact) mass is 304 g/mol. The number of carbonyl (C=O) groups excluding carboxylic acids is 2. The summed E-state index contributed by atoms with van der Waals surface area (Å²) in [7, 11) is 3.86. The molecule has 2 atom stereocenters. The molecule has 0 saturated carbocycles. The Labute approximate surface area is 129 Å². The van der Waals surface area contributed by atoms with Crippen molar-refractivity contribution in [1.82, 2.24) is 5.32 Å². The fourth-order valence-corrected chi connectivity index (χ4v) is 2.31. The quantitative estimate of drug-likeness (QED) is 0.620. The van der Waals surface area contributed by atoms with Crippen LogP contribution >= 0.6 is 0 Å². The molecule has 1 amide bonds. The second-order valence-corrected chi connectivity index (χ2v) is 5.16. The minimum atomic E-state index is -1.03. The third-order valence-electron chi connectivity index (χ3n) is 3.42. The number of nitrogens with one attached hydrogen (secondary N) is 1. The molecule has 0 aliphatic carbocycles. The summed E-state index contributed by atoms with van der Waals surface area (Å²) in [5.74, 6) is -2.12. The number of guanidine groups is 1. The zero-order valence-corrected chi connectivity index (χ0v) is 12.9. The molecule has 1 aromatic rings. The summed E-state index contributed by atoms with van der Waals surface area (Å²) in [6.07, 6.45) is 0. The number of aliphatic imine (C=N–C) groups is 1. The topological polar surface area (TPSA) is 97.0 Å². The molecule has 1 heterocycles. The van der Waals surface area contributed by atoms with Crippen LogP contribution in [0.4, 0.5) is 5.69 Å². The van der Waals surface area contributed by atoms with E-state index in [1.165, 1.54) is 0 Å². The number of rotatable bonds is 4. The standard InChI is InChI=1S/C15H20N4O3/c1-4-22-14(21)11-12(17-15(16)18-13(11)20)9-5-7-10(8-6-9)19(2)3/h5-8,11-12H,4H2,1-3H3,(H3,16,17,18,20). The Bertz CT molecular complexity index is 595. The number of hydrogen-bond donors (Lipinski definition) is 2. The first-order valence-electron chi connectivity index (χ1n) is 7.02. The highest BCUT2D eigenvalue weighted by Gasteiger charge is 2.40. The minimum absolute atomic E-state index is 0.00670. The lowest BCUT2D eigenvalue weighted by Gasteiger charge is -2.27. The van der Waals surface area contributed by atoms with Crippen molar-refractivity contribution in [2.24, 2.45) is 16.6 Å². The van der Waals surface area contributed by atoms with E-state index in [1.807, 2.05) is 43.3 Å². The van der Waals surface area contributed by atoms with Gasteiger partial charge in [-0.25, -0.2) is 4.99 Å². The second-order valence-electron chi connectivity index (χ2n) is 5.16. The Kier molecular flexibility index (Phi) is 4.65. The molecule has 1 aliphatic heterocycles. The smallest absolute Gasteiger partial charge is 0.321 e. The highest BCUT2D eigenvalue weighted by atomic mass is 16.5. The molecule has 0 radical (unpaired) electrons. The van der Waals surface area contributed by atoms with Crippen LogP contribution in [-0.2, 0) is 14.3 Å². The highest BCUT2D eigenvalue weighted by Crippen LogP contribution is 2.31. The predicted octanol–water partition coefficient (Wildman–Crippen LogP) is 0.418. The van der Waals surface area contributed by atoms with Crippen molar-refractivity contribution in [3.63, 3.8) is 0 Å². The summed E-state index contributed by atoms with van der Waals surface area (Å²) in [6.45, 7) is 1.89. The van der Waals surface area contributed by atoms with Gasteiger partial charge in [-0.3, -0.25) is 14.9 Å². The molecule has 3 N–H and O–H groups in total. The van der Waals surface area contributed by atoms with Gasteiger partial charge in [0.2, 0.25) is 5.91 Å². The van der Waals surface area contributed by atoms with E-state index in [9.17, 15) is 9.59 Å². The van der Waals surface area contributed by atoms with E-state index in [-0.39, 0.29) is 12.6 Å². The third kappa shape index (κ3) is 3.19. The normalized spacial score (nSPS) is 20.9. The van der Waals surface area contributed by atoms with Crippen molar-refractivity contribution < 1.29 is 14.3 Å². The average molecular weight is 304 g/mol. The minimum Gasteiger partial charge on any atom is -0.465 e. The van der Waals surface area contributed by atoms with Crippen LogP contribution < -0.4 is 16.0 Å². The van der Waals surface area contributed by atoms with Gasteiger partial charge in [0.25, 0.3) is 0 Å². The molecule has 1 aromatic carbocycles. The molecular weight excluding hydrogens is 284 g/mol. The summed E-state index contributed by atoms with van der Waals surface area (Å²) in [5, 5.41) is 2.38. The van der Waals surface area contributed by atoms with Crippen LogP contribution in [0.2, 0.25) is 0 Å². The molecule has 0 bridgehead atoms. The van der Waals surface area contributed by atoms with Gasteiger partial charge in [-0.15, -0.1) is 0 Å². The van der Waals surface area contributed by atoms with Gasteiger partial charge in [0, 0.05) is 19.8 Å². The van der Waals surface area contributed by atoms with Crippen LogP contribution in [-0.4, -0.2) is 38.5 Å². The van der Waals surface area contributed by atoms with Gasteiger partial charge in [0.1, 0.15) is 6.04 Å². The molecule has 7 nitrogen and oxygen atoms in total. The molecule has 1 aliphatic rings. The molecule has 118 valence electrons. The van der Waals surface area contributed by atoms with Crippen LogP contribution in [0.15, 0.2) is 29.3 Å². The van der Waals surface area contributed by atoms with Crippen molar-refractivity contribution in [3.8, 4) is 0 Å². The van der Waals surface area contributed by atoms with E-state index in [1.54, 1.807) is 6.92 Å². The lowest BCUT2D eigenvalue weighted by atomic mass is 9.91. The highest BCUT2D eigenvalue weighted by molar-refractivity contribution is 6.08. The number of amides is 1. The Balaban J connectivity index is 2.36. The number of ether oxygens (including phenoxy) is 1. The lowest BCUT2D eigenvalue weighted by molar-refractivity contribution is -0.153. The first-order chi connectivity index (χ1) is 10.4. The number of carbonyl (C=O) groups is 2. The average Bonchev–Trinajstić information content (AvgIpc) is 2.46. The first kappa shape index (κ1) is 15.8. The SMILES string of the molecule is CCOC(=O)C1C(=O)NC(N)=NC1c1ccc(N(C)C)cc1. The maximum Gasteiger partial charge on any atom is 0.321 e. The maximum absolute atomic E-state index is 12.1. The van der Waals surface area contributed by atoms with Crippen molar-refractivity contribution in [3.05, 3.63) is 29.8 Å². The van der Waals surface area contributed by atoms with E-state index in [4.69, 9.17) is 10.5 Å². The van der Waals surface area contributed by atoms with Crippen molar-refractivity contribution in [2.45, 2.75) is 13.0 Å². The number of anilines is 1. The molecule has 22 heavy (non-hydrogen) atoms. The fraction of sp³-hybridized carbons (Fsp3) is 0.400. The Morgan fingerprint density at radius 2 is 2.00 bits per heavy atom. The van der Waals surface area contributed by atoms with Gasteiger partial charge in [0.15, 0.2) is 11.9 Å². The van der Waals surface area contributed by atoms with E-state index in [2.05, 4.69) is 10.3 Å². The lowest BCUT2D eigenvalue weighted by Crippen LogP contribution is -2.49. The third-order valence-corrected chi connectivity index (χ3v) is 3.42. The number of nitrogens with zero attached hydrogens (tertiary/aromatic N) is 2. The second kappa shape index (κ2) is 6.46. The number of hydrogen-bond acceptors (Lipinski definition) is 6. The molecule has 0 aromatic heterocycles. The Hall–Kier alpha value is -2.57. The number of benzene rings is 1. The fourth-order valence-electron chi connectivity index (χ4n) is 2.31. The predicted molar refractivity (Wildman–Crippen MR) is 83.4 cm³/mol. The Morgan fingerprint density at radius 3 is 2.55 bits per heavy atom. The summed E-state index contributed by atoms with van der Waals surface area (Å²) in [5.41, 5.74) is 7.37. The van der Waals surface area contributed by atoms with Crippen LogP contribution in [0.1, 0.15) is 18.5 Å². The van der Waals surface area contributed by atoms with Crippen molar-refractivity contribution in [1.29, 1.82) is 0 Å². The van der Waals surface area contributed by atoms with Gasteiger partial charge in [-0.05, 0) is 24.6 Å². The van der Waals surface area contributed by atoms with Crippen molar-refractivity contribution >= 4 is 23.5 Å². The molecule has 0 saturated heterocycles. The van der Waals surface area contributed by atoms with E-state index >= 15 is 0 Å². The van der Waals surface area contributed by atoms with Crippen LogP contribution in [0.5, 0.6) is 0 Å². The summed E-state index contributed by atoms with van der Waals surface area (Å²) in [6, 6.07) is 6.79. The van der Waals surface area contributed by atoms with E-state index in [0.717, 1.165) is 11.3 Å². The zero-order chi connectivity index (χ0) is 16.3. The van der Waals surface area contributed by atoms with Crippen LogP contribution in [0.25, 0.3) is 0 Å². The van der Waals surface area contributed by atoms with Gasteiger partial charge < -0.3 is 15.4 Å². The summed E-state index contributed by atoms with van der Waals surface area (Å²) in [4.78, 5) is 30.3. The van der Waals surface area contributed by atoms with E-state index < -0.39 is 23.8 Å². The molecule has 2 unspecified atom stereocenters. The van der Waals surface area contributed by atoms with Gasteiger partial charge >= 0.3 is 5.97 Å². The molecule has 0 fully saturated rings. The maximum atomic E-state index is 12.1. The zero-order valence-electron chi connectivity index (χ0n) is 12.9. The number of nitrogens with two attached hydrogens (primary N) is 1. The molecule has 7 heteroatoms.